The van der Waals surface area contributed by atoms with Crippen molar-refractivity contribution in [2.45, 2.75) is 19.4 Å². The molecular weight excluding hydrogens is 216 g/mol. The molecule has 0 atom stereocenters. The lowest BCUT2D eigenvalue weighted by Gasteiger charge is -2.05. The summed E-state index contributed by atoms with van der Waals surface area (Å²) in [6.45, 7) is -0.0254. The van der Waals surface area contributed by atoms with Gasteiger partial charge in [0.15, 0.2) is 0 Å². The van der Waals surface area contributed by atoms with Crippen molar-refractivity contribution in [3.05, 3.63) is 34.3 Å². The Morgan fingerprint density at radius 1 is 1.53 bits per heavy atom. The highest BCUT2D eigenvalue weighted by molar-refractivity contribution is 6.31. The summed E-state index contributed by atoms with van der Waals surface area (Å²) >= 11 is 5.95. The third kappa shape index (κ3) is 3.53. The molecule has 82 valence electrons. The summed E-state index contributed by atoms with van der Waals surface area (Å²) in [5, 5.41) is 9.55. The molecule has 0 fully saturated rings. The molecular formula is C11H13ClO3. The van der Waals surface area contributed by atoms with Gasteiger partial charge in [-0.05, 0) is 23.6 Å². The molecule has 1 rings (SSSR count). The Labute approximate surface area is 93.6 Å². The highest BCUT2D eigenvalue weighted by atomic mass is 35.5. The number of benzene rings is 1. The molecule has 0 amide bonds. The number of methoxy groups -OCH3 is 1. The van der Waals surface area contributed by atoms with E-state index in [1.807, 2.05) is 0 Å². The molecule has 15 heavy (non-hydrogen) atoms. The van der Waals surface area contributed by atoms with Crippen molar-refractivity contribution in [2.24, 2.45) is 0 Å². The van der Waals surface area contributed by atoms with Gasteiger partial charge in [0.25, 0.3) is 0 Å². The predicted molar refractivity (Wildman–Crippen MR) is 57.7 cm³/mol. The first-order valence-electron chi connectivity index (χ1n) is 4.62. The number of halogens is 1. The zero-order valence-electron chi connectivity index (χ0n) is 8.50. The molecule has 0 spiro atoms. The van der Waals surface area contributed by atoms with Crippen molar-refractivity contribution in [3.8, 4) is 0 Å². The maximum absolute atomic E-state index is 10.9. The molecule has 1 aromatic rings. The van der Waals surface area contributed by atoms with Crippen LogP contribution < -0.4 is 0 Å². The van der Waals surface area contributed by atoms with E-state index in [4.69, 9.17) is 16.7 Å². The standard InChI is InChI=1S/C11H13ClO3/c1-15-11(14)5-3-9-6-8(7-13)2-4-10(9)12/h2,4,6,13H,3,5,7H2,1H3. The summed E-state index contributed by atoms with van der Waals surface area (Å²) < 4.78 is 4.54. The fourth-order valence-corrected chi connectivity index (χ4v) is 1.47. The molecule has 0 aliphatic rings. The quantitative estimate of drug-likeness (QED) is 0.802. The van der Waals surface area contributed by atoms with E-state index in [-0.39, 0.29) is 12.6 Å². The van der Waals surface area contributed by atoms with Gasteiger partial charge in [-0.25, -0.2) is 0 Å². The topological polar surface area (TPSA) is 46.5 Å². The van der Waals surface area contributed by atoms with E-state index in [2.05, 4.69) is 4.74 Å². The summed E-state index contributed by atoms with van der Waals surface area (Å²) in [6, 6.07) is 5.27. The average molecular weight is 229 g/mol. The largest absolute Gasteiger partial charge is 0.469 e. The molecule has 0 aromatic heterocycles. The van der Waals surface area contributed by atoms with Crippen LogP contribution >= 0.6 is 11.6 Å². The van der Waals surface area contributed by atoms with E-state index in [1.54, 1.807) is 18.2 Å². The maximum atomic E-state index is 10.9. The second-order valence-electron chi connectivity index (χ2n) is 3.16. The Bertz CT molecular complexity index is 350. The molecule has 0 heterocycles. The van der Waals surface area contributed by atoms with Gasteiger partial charge in [-0.2, -0.15) is 0 Å². The van der Waals surface area contributed by atoms with Crippen LogP contribution in [0.5, 0.6) is 0 Å². The lowest BCUT2D eigenvalue weighted by molar-refractivity contribution is -0.140. The number of carbonyl (C=O) groups excluding carboxylic acids is 1. The smallest absolute Gasteiger partial charge is 0.305 e. The lowest BCUT2D eigenvalue weighted by Crippen LogP contribution is -2.02. The van der Waals surface area contributed by atoms with E-state index in [0.717, 1.165) is 11.1 Å². The van der Waals surface area contributed by atoms with Gasteiger partial charge in [-0.3, -0.25) is 4.79 Å². The molecule has 0 aliphatic heterocycles. The van der Waals surface area contributed by atoms with Gasteiger partial charge in [0.05, 0.1) is 13.7 Å². The minimum Gasteiger partial charge on any atom is -0.469 e. The second-order valence-corrected chi connectivity index (χ2v) is 3.57. The number of aliphatic hydroxyl groups excluding tert-OH is 1. The number of aliphatic hydroxyl groups is 1. The fraction of sp³-hybridized carbons (Fsp3) is 0.364. The zero-order chi connectivity index (χ0) is 11.3. The van der Waals surface area contributed by atoms with E-state index in [0.29, 0.717) is 17.9 Å². The van der Waals surface area contributed by atoms with Crippen LogP contribution in [0.1, 0.15) is 17.5 Å². The summed E-state index contributed by atoms with van der Waals surface area (Å²) in [5.74, 6) is -0.263. The van der Waals surface area contributed by atoms with E-state index in [1.165, 1.54) is 7.11 Å². The number of esters is 1. The van der Waals surface area contributed by atoms with Crippen molar-refractivity contribution < 1.29 is 14.6 Å². The summed E-state index contributed by atoms with van der Waals surface area (Å²) in [7, 11) is 1.36. The Hall–Kier alpha value is -1.06. The normalized spacial score (nSPS) is 10.1. The highest BCUT2D eigenvalue weighted by Gasteiger charge is 2.05. The molecule has 4 heteroatoms. The second kappa shape index (κ2) is 5.73. The van der Waals surface area contributed by atoms with E-state index < -0.39 is 0 Å². The molecule has 0 saturated heterocycles. The van der Waals surface area contributed by atoms with Gasteiger partial charge in [-0.1, -0.05) is 23.7 Å². The average Bonchev–Trinajstić information content (AvgIpc) is 2.27. The van der Waals surface area contributed by atoms with Gasteiger partial charge >= 0.3 is 5.97 Å². The first-order chi connectivity index (χ1) is 7.17. The van der Waals surface area contributed by atoms with Crippen LogP contribution in [0.4, 0.5) is 0 Å². The van der Waals surface area contributed by atoms with Gasteiger partial charge in [0.1, 0.15) is 0 Å². The van der Waals surface area contributed by atoms with Gasteiger partial charge in [0, 0.05) is 11.4 Å². The van der Waals surface area contributed by atoms with Crippen molar-refractivity contribution >= 4 is 17.6 Å². The fourth-order valence-electron chi connectivity index (χ4n) is 1.26. The molecule has 0 saturated carbocycles. The van der Waals surface area contributed by atoms with Gasteiger partial charge < -0.3 is 9.84 Å². The third-order valence-corrected chi connectivity index (χ3v) is 2.49. The first-order valence-corrected chi connectivity index (χ1v) is 5.00. The minimum atomic E-state index is -0.263. The number of ether oxygens (including phenoxy) is 1. The molecule has 0 bridgehead atoms. The molecule has 0 radical (unpaired) electrons. The van der Waals surface area contributed by atoms with Crippen LogP contribution in [0.15, 0.2) is 18.2 Å². The maximum Gasteiger partial charge on any atom is 0.305 e. The number of hydrogen-bond acceptors (Lipinski definition) is 3. The Morgan fingerprint density at radius 3 is 2.87 bits per heavy atom. The Balaban J connectivity index is 2.70. The Kier molecular flexibility index (Phi) is 4.59. The zero-order valence-corrected chi connectivity index (χ0v) is 9.25. The molecule has 1 N–H and O–H groups in total. The summed E-state index contributed by atoms with van der Waals surface area (Å²) in [4.78, 5) is 10.9. The minimum absolute atomic E-state index is 0.0254. The summed E-state index contributed by atoms with van der Waals surface area (Å²) in [6.07, 6.45) is 0.824. The number of rotatable bonds is 4. The number of aryl methyl sites for hydroxylation is 1. The number of carbonyl (C=O) groups is 1. The predicted octanol–water partition coefficient (Wildman–Crippen LogP) is 1.94. The van der Waals surface area contributed by atoms with Crippen LogP contribution in [0.2, 0.25) is 5.02 Å². The van der Waals surface area contributed by atoms with Gasteiger partial charge in [0.2, 0.25) is 0 Å². The molecule has 0 unspecified atom stereocenters. The molecule has 0 aliphatic carbocycles. The van der Waals surface area contributed by atoms with E-state index in [9.17, 15) is 4.79 Å². The lowest BCUT2D eigenvalue weighted by atomic mass is 10.1. The van der Waals surface area contributed by atoms with E-state index >= 15 is 0 Å². The Morgan fingerprint density at radius 2 is 2.27 bits per heavy atom. The van der Waals surface area contributed by atoms with Crippen LogP contribution in [0.3, 0.4) is 0 Å². The molecule has 1 aromatic carbocycles. The van der Waals surface area contributed by atoms with Crippen LogP contribution in [0.25, 0.3) is 0 Å². The van der Waals surface area contributed by atoms with Crippen molar-refractivity contribution in [1.82, 2.24) is 0 Å². The van der Waals surface area contributed by atoms with Crippen molar-refractivity contribution in [1.29, 1.82) is 0 Å². The van der Waals surface area contributed by atoms with Crippen LogP contribution in [-0.2, 0) is 22.6 Å². The monoisotopic (exact) mass is 228 g/mol. The molecule has 3 nitrogen and oxygen atoms in total. The van der Waals surface area contributed by atoms with Crippen LogP contribution in [-0.4, -0.2) is 18.2 Å². The number of hydrogen-bond donors (Lipinski definition) is 1. The highest BCUT2D eigenvalue weighted by Crippen LogP contribution is 2.19. The first kappa shape index (κ1) is 12.0. The van der Waals surface area contributed by atoms with Crippen molar-refractivity contribution in [2.75, 3.05) is 7.11 Å². The third-order valence-electron chi connectivity index (χ3n) is 2.12. The van der Waals surface area contributed by atoms with Crippen molar-refractivity contribution in [3.63, 3.8) is 0 Å². The SMILES string of the molecule is COC(=O)CCc1cc(CO)ccc1Cl. The van der Waals surface area contributed by atoms with Gasteiger partial charge in [-0.15, -0.1) is 0 Å². The summed E-state index contributed by atoms with van der Waals surface area (Å²) in [5.41, 5.74) is 1.65. The van der Waals surface area contributed by atoms with Crippen LogP contribution in [0, 0.1) is 0 Å².